The van der Waals surface area contributed by atoms with Crippen molar-refractivity contribution in [1.29, 1.82) is 0 Å². The minimum atomic E-state index is -0.122. The van der Waals surface area contributed by atoms with Gasteiger partial charge in [0.15, 0.2) is 0 Å². The molecule has 0 heterocycles. The third-order valence-electron chi connectivity index (χ3n) is 4.10. The van der Waals surface area contributed by atoms with E-state index < -0.39 is 0 Å². The first-order chi connectivity index (χ1) is 10.8. The molecule has 1 aromatic carbocycles. The zero-order valence-electron chi connectivity index (χ0n) is 15.1. The number of benzene rings is 1. The summed E-state index contributed by atoms with van der Waals surface area (Å²) in [5, 5.41) is 2.59. The number of nitrogens with zero attached hydrogens (tertiary/aromatic N) is 1. The molecule has 0 aliphatic heterocycles. The van der Waals surface area contributed by atoms with Crippen LogP contribution in [0.25, 0.3) is 0 Å². The van der Waals surface area contributed by atoms with Crippen LogP contribution in [0.5, 0.6) is 0 Å². The third-order valence-corrected chi connectivity index (χ3v) is 4.10. The molecule has 4 nitrogen and oxygen atoms in total. The van der Waals surface area contributed by atoms with E-state index in [1.165, 1.54) is 12.8 Å². The Labute approximate surface area is 140 Å². The van der Waals surface area contributed by atoms with Crippen LogP contribution in [0.2, 0.25) is 0 Å². The summed E-state index contributed by atoms with van der Waals surface area (Å²) >= 11 is 0. The second kappa shape index (κ2) is 8.70. The van der Waals surface area contributed by atoms with Gasteiger partial charge >= 0.3 is 0 Å². The van der Waals surface area contributed by atoms with Crippen molar-refractivity contribution in [3.8, 4) is 0 Å². The molecule has 0 spiro atoms. The van der Waals surface area contributed by atoms with Gasteiger partial charge in [-0.3, -0.25) is 9.59 Å². The summed E-state index contributed by atoms with van der Waals surface area (Å²) < 4.78 is 0. The maximum absolute atomic E-state index is 11.6. The number of nitrogens with one attached hydrogen (secondary N) is 1. The molecular weight excluding hydrogens is 288 g/mol. The second-order valence-electron chi connectivity index (χ2n) is 7.12. The Kier molecular flexibility index (Phi) is 7.27. The van der Waals surface area contributed by atoms with Gasteiger partial charge in [0, 0.05) is 24.8 Å². The zero-order valence-corrected chi connectivity index (χ0v) is 15.1. The summed E-state index contributed by atoms with van der Waals surface area (Å²) in [6.07, 6.45) is 4.36. The topological polar surface area (TPSA) is 49.4 Å². The van der Waals surface area contributed by atoms with Crippen molar-refractivity contribution >= 4 is 18.0 Å². The Balaban J connectivity index is 2.79. The molecule has 1 N–H and O–H groups in total. The molecule has 2 amide bonds. The van der Waals surface area contributed by atoms with Crippen LogP contribution in [-0.4, -0.2) is 25.9 Å². The van der Waals surface area contributed by atoms with Gasteiger partial charge in [0.25, 0.3) is 5.91 Å². The number of carbonyl (C=O) groups excluding carboxylic acids is 2. The van der Waals surface area contributed by atoms with E-state index in [9.17, 15) is 9.59 Å². The fourth-order valence-electron chi connectivity index (χ4n) is 3.20. The first-order valence-corrected chi connectivity index (χ1v) is 8.37. The summed E-state index contributed by atoms with van der Waals surface area (Å²) in [5.41, 5.74) is 1.47. The largest absolute Gasteiger partial charge is 0.355 e. The van der Waals surface area contributed by atoms with E-state index in [-0.39, 0.29) is 11.3 Å². The smallest absolute Gasteiger partial charge is 0.251 e. The molecule has 1 aromatic rings. The molecule has 0 aliphatic rings. The average molecular weight is 318 g/mol. The lowest BCUT2D eigenvalue weighted by Gasteiger charge is -2.32. The lowest BCUT2D eigenvalue weighted by Crippen LogP contribution is -2.34. The number of anilines is 1. The van der Waals surface area contributed by atoms with E-state index in [1.54, 1.807) is 24.1 Å². The van der Waals surface area contributed by atoms with E-state index >= 15 is 0 Å². The standard InChI is InChI=1S/C19H30N2O2/c1-6-7-15(2)12-19(3,4)13-21(14-22)17-10-8-16(9-11-17)18(23)20-5/h8-11,14-15H,6-7,12-13H2,1-5H3,(H,20,23). The SMILES string of the molecule is CCCC(C)CC(C)(C)CN(C=O)c1ccc(C(=O)NC)cc1. The maximum Gasteiger partial charge on any atom is 0.251 e. The average Bonchev–Trinajstić information content (AvgIpc) is 2.51. The van der Waals surface area contributed by atoms with Crippen LogP contribution in [0.1, 0.15) is 57.3 Å². The molecular formula is C19H30N2O2. The fraction of sp³-hybridized carbons (Fsp3) is 0.579. The van der Waals surface area contributed by atoms with Gasteiger partial charge in [-0.2, -0.15) is 0 Å². The van der Waals surface area contributed by atoms with Crippen LogP contribution < -0.4 is 10.2 Å². The van der Waals surface area contributed by atoms with Crippen molar-refractivity contribution in [2.45, 2.75) is 47.0 Å². The van der Waals surface area contributed by atoms with Crippen LogP contribution >= 0.6 is 0 Å². The molecule has 0 fully saturated rings. The first-order valence-electron chi connectivity index (χ1n) is 8.37. The van der Waals surface area contributed by atoms with Crippen molar-refractivity contribution in [3.63, 3.8) is 0 Å². The Morgan fingerprint density at radius 3 is 2.39 bits per heavy atom. The van der Waals surface area contributed by atoms with Crippen LogP contribution in [-0.2, 0) is 4.79 Å². The molecule has 128 valence electrons. The van der Waals surface area contributed by atoms with Gasteiger partial charge in [0.1, 0.15) is 0 Å². The molecule has 1 atom stereocenters. The summed E-state index contributed by atoms with van der Waals surface area (Å²) in [7, 11) is 1.61. The molecule has 0 saturated heterocycles. The minimum Gasteiger partial charge on any atom is -0.355 e. The number of carbonyl (C=O) groups is 2. The molecule has 0 saturated carbocycles. The van der Waals surface area contributed by atoms with Crippen molar-refractivity contribution in [2.24, 2.45) is 11.3 Å². The molecule has 4 heteroatoms. The summed E-state index contributed by atoms with van der Waals surface area (Å²) in [5.74, 6) is 0.530. The van der Waals surface area contributed by atoms with Crippen molar-refractivity contribution in [1.82, 2.24) is 5.32 Å². The highest BCUT2D eigenvalue weighted by molar-refractivity contribution is 5.94. The van der Waals surface area contributed by atoms with Crippen molar-refractivity contribution in [3.05, 3.63) is 29.8 Å². The zero-order chi connectivity index (χ0) is 17.5. The molecule has 1 unspecified atom stereocenters. The molecule has 0 aromatic heterocycles. The van der Waals surface area contributed by atoms with Crippen LogP contribution in [0.3, 0.4) is 0 Å². The highest BCUT2D eigenvalue weighted by Crippen LogP contribution is 2.30. The highest BCUT2D eigenvalue weighted by Gasteiger charge is 2.24. The van der Waals surface area contributed by atoms with E-state index in [0.717, 1.165) is 18.5 Å². The highest BCUT2D eigenvalue weighted by atomic mass is 16.1. The number of hydrogen-bond acceptors (Lipinski definition) is 2. The summed E-state index contributed by atoms with van der Waals surface area (Å²) in [6, 6.07) is 7.14. The first kappa shape index (κ1) is 19.2. The normalized spacial score (nSPS) is 12.6. The molecule has 1 rings (SSSR count). The lowest BCUT2D eigenvalue weighted by atomic mass is 9.81. The van der Waals surface area contributed by atoms with Crippen LogP contribution in [0.4, 0.5) is 5.69 Å². The Bertz CT molecular complexity index is 509. The third kappa shape index (κ3) is 6.05. The second-order valence-corrected chi connectivity index (χ2v) is 7.12. The van der Waals surface area contributed by atoms with Gasteiger partial charge in [-0.15, -0.1) is 0 Å². The van der Waals surface area contributed by atoms with E-state index in [1.807, 2.05) is 12.1 Å². The predicted molar refractivity (Wildman–Crippen MR) is 95.7 cm³/mol. The maximum atomic E-state index is 11.6. The van der Waals surface area contributed by atoms with Gasteiger partial charge in [0.2, 0.25) is 6.41 Å². The van der Waals surface area contributed by atoms with Gasteiger partial charge in [0.05, 0.1) is 0 Å². The number of hydrogen-bond donors (Lipinski definition) is 1. The molecule has 23 heavy (non-hydrogen) atoms. The van der Waals surface area contributed by atoms with Gasteiger partial charge in [-0.25, -0.2) is 0 Å². The minimum absolute atomic E-state index is 0.0506. The Morgan fingerprint density at radius 1 is 1.30 bits per heavy atom. The van der Waals surface area contributed by atoms with E-state index in [0.29, 0.717) is 18.0 Å². The molecule has 0 aliphatic carbocycles. The van der Waals surface area contributed by atoms with Crippen molar-refractivity contribution < 1.29 is 9.59 Å². The molecule has 0 radical (unpaired) electrons. The Hall–Kier alpha value is -1.84. The summed E-state index contributed by atoms with van der Waals surface area (Å²) in [6.45, 7) is 9.55. The van der Waals surface area contributed by atoms with Crippen molar-refractivity contribution in [2.75, 3.05) is 18.5 Å². The lowest BCUT2D eigenvalue weighted by molar-refractivity contribution is -0.107. The van der Waals surface area contributed by atoms with Crippen LogP contribution in [0, 0.1) is 11.3 Å². The van der Waals surface area contributed by atoms with Crippen LogP contribution in [0.15, 0.2) is 24.3 Å². The van der Waals surface area contributed by atoms with Gasteiger partial charge in [-0.05, 0) is 42.0 Å². The van der Waals surface area contributed by atoms with Gasteiger partial charge in [-0.1, -0.05) is 40.5 Å². The quantitative estimate of drug-likeness (QED) is 0.703. The van der Waals surface area contributed by atoms with E-state index in [2.05, 4.69) is 33.0 Å². The Morgan fingerprint density at radius 2 is 1.91 bits per heavy atom. The molecule has 0 bridgehead atoms. The van der Waals surface area contributed by atoms with Gasteiger partial charge < -0.3 is 10.2 Å². The number of rotatable bonds is 9. The predicted octanol–water partition coefficient (Wildman–Crippen LogP) is 3.86. The monoisotopic (exact) mass is 318 g/mol. The van der Waals surface area contributed by atoms with E-state index in [4.69, 9.17) is 0 Å². The number of amides is 2. The fourth-order valence-corrected chi connectivity index (χ4v) is 3.20. The summed E-state index contributed by atoms with van der Waals surface area (Å²) in [4.78, 5) is 24.8.